The van der Waals surface area contributed by atoms with Crippen LogP contribution in [0.4, 0.5) is 13.9 Å². The molecule has 0 N–H and O–H groups in total. The van der Waals surface area contributed by atoms with E-state index >= 15 is 0 Å². The van der Waals surface area contributed by atoms with E-state index in [1.54, 1.807) is 0 Å². The second kappa shape index (κ2) is 9.55. The van der Waals surface area contributed by atoms with Gasteiger partial charge < -0.3 is 4.90 Å². The molecule has 3 rings (SSSR count). The molecule has 0 bridgehead atoms. The number of fused-ring (bicyclic) bond motifs is 1. The summed E-state index contributed by atoms with van der Waals surface area (Å²) in [5.41, 5.74) is -0.0138. The fourth-order valence-corrected chi connectivity index (χ4v) is 4.00. The number of nitrogens with zero attached hydrogens (tertiary/aromatic N) is 4. The summed E-state index contributed by atoms with van der Waals surface area (Å²) in [5.74, 6) is -2.78. The molecule has 0 saturated carbocycles. The van der Waals surface area contributed by atoms with Gasteiger partial charge in [0.2, 0.25) is 17.7 Å². The van der Waals surface area contributed by atoms with E-state index in [4.69, 9.17) is 0 Å². The van der Waals surface area contributed by atoms with E-state index in [2.05, 4.69) is 4.98 Å². The van der Waals surface area contributed by atoms with E-state index < -0.39 is 17.5 Å². The zero-order chi connectivity index (χ0) is 20.4. The number of rotatable bonds is 7. The minimum atomic E-state index is -0.803. The van der Waals surface area contributed by atoms with Crippen molar-refractivity contribution in [3.63, 3.8) is 0 Å². The average molecular weight is 447 g/mol. The quantitative estimate of drug-likeness (QED) is 0.611. The Morgan fingerprint density at radius 2 is 1.83 bits per heavy atom. The van der Waals surface area contributed by atoms with Crippen LogP contribution in [-0.4, -0.2) is 66.2 Å². The molecule has 7 nitrogen and oxygen atoms in total. The molecule has 0 atom stereocenters. The summed E-state index contributed by atoms with van der Waals surface area (Å²) >= 11 is 0.992. The Hall–Kier alpha value is -2.17. The third-order valence-corrected chi connectivity index (χ3v) is 5.39. The second-order valence-electron chi connectivity index (χ2n) is 6.81. The number of imide groups is 1. The van der Waals surface area contributed by atoms with E-state index in [1.165, 1.54) is 4.90 Å². The van der Waals surface area contributed by atoms with Crippen molar-refractivity contribution in [1.29, 1.82) is 0 Å². The number of thiazole rings is 1. The highest BCUT2D eigenvalue weighted by molar-refractivity contribution is 7.22. The van der Waals surface area contributed by atoms with Gasteiger partial charge in [-0.2, -0.15) is 0 Å². The normalized spacial score (nSPS) is 14.0. The molecular weight excluding hydrogens is 426 g/mol. The number of carbonyl (C=O) groups is 3. The van der Waals surface area contributed by atoms with Crippen LogP contribution >= 0.6 is 23.7 Å². The van der Waals surface area contributed by atoms with Crippen molar-refractivity contribution in [2.75, 3.05) is 38.6 Å². The van der Waals surface area contributed by atoms with Gasteiger partial charge in [-0.05, 0) is 33.1 Å². The molecule has 0 radical (unpaired) electrons. The molecule has 0 aliphatic carbocycles. The number of carbonyl (C=O) groups excluding carboxylic acids is 3. The fraction of sp³-hybridized carbons (Fsp3) is 0.444. The van der Waals surface area contributed by atoms with Crippen LogP contribution in [-0.2, 0) is 14.4 Å². The van der Waals surface area contributed by atoms with Crippen LogP contribution in [0.5, 0.6) is 0 Å². The summed E-state index contributed by atoms with van der Waals surface area (Å²) in [7, 11) is 3.78. The maximum atomic E-state index is 14.0. The van der Waals surface area contributed by atoms with Crippen molar-refractivity contribution in [2.24, 2.45) is 0 Å². The van der Waals surface area contributed by atoms with Crippen LogP contribution < -0.4 is 4.90 Å². The monoisotopic (exact) mass is 446 g/mol. The van der Waals surface area contributed by atoms with E-state index in [1.807, 2.05) is 19.0 Å². The molecule has 29 heavy (non-hydrogen) atoms. The molecule has 0 spiro atoms. The SMILES string of the molecule is CN(C)CCCN(C(=O)CN1C(=O)CCC1=O)c1nc2c(F)cc(F)cc2s1.Cl. The summed E-state index contributed by atoms with van der Waals surface area (Å²) in [4.78, 5) is 44.9. The molecule has 3 amide bonds. The molecule has 1 fully saturated rings. The zero-order valence-electron chi connectivity index (χ0n) is 16.0. The number of amides is 3. The van der Waals surface area contributed by atoms with Crippen LogP contribution in [0.3, 0.4) is 0 Å². The number of aromatic nitrogens is 1. The molecule has 1 aliphatic rings. The van der Waals surface area contributed by atoms with Gasteiger partial charge in [-0.1, -0.05) is 11.3 Å². The molecule has 11 heteroatoms. The number of benzene rings is 1. The maximum Gasteiger partial charge on any atom is 0.248 e. The molecule has 1 aromatic heterocycles. The van der Waals surface area contributed by atoms with Crippen molar-refractivity contribution in [3.8, 4) is 0 Å². The smallest absolute Gasteiger partial charge is 0.248 e. The zero-order valence-corrected chi connectivity index (χ0v) is 17.6. The van der Waals surface area contributed by atoms with Gasteiger partial charge in [-0.3, -0.25) is 24.2 Å². The summed E-state index contributed by atoms with van der Waals surface area (Å²) < 4.78 is 27.8. The van der Waals surface area contributed by atoms with Crippen molar-refractivity contribution < 1.29 is 23.2 Å². The fourth-order valence-electron chi connectivity index (χ4n) is 2.95. The lowest BCUT2D eigenvalue weighted by molar-refractivity contribution is -0.141. The average Bonchev–Trinajstić information content (AvgIpc) is 3.16. The molecule has 2 heterocycles. The summed E-state index contributed by atoms with van der Waals surface area (Å²) in [6.07, 6.45) is 0.796. The standard InChI is InChI=1S/C18H20F2N4O3S.ClH/c1-22(2)6-3-7-23(16(27)10-24-14(25)4-5-15(24)26)18-21-17-12(20)8-11(19)9-13(17)28-18;/h8-9H,3-7,10H2,1-2H3;1H. The van der Waals surface area contributed by atoms with E-state index in [0.29, 0.717) is 13.0 Å². The van der Waals surface area contributed by atoms with Gasteiger partial charge in [-0.15, -0.1) is 12.4 Å². The Kier molecular flexibility index (Phi) is 7.61. The van der Waals surface area contributed by atoms with Crippen LogP contribution in [0.25, 0.3) is 10.2 Å². The lowest BCUT2D eigenvalue weighted by Crippen LogP contribution is -2.43. The number of hydrogen-bond donors (Lipinski definition) is 0. The Balaban J connectivity index is 0.00000300. The van der Waals surface area contributed by atoms with Gasteiger partial charge in [0.1, 0.15) is 17.9 Å². The predicted octanol–water partition coefficient (Wildman–Crippen LogP) is 2.43. The van der Waals surface area contributed by atoms with Gasteiger partial charge in [0.15, 0.2) is 10.9 Å². The number of anilines is 1. The molecule has 0 unspecified atom stereocenters. The highest BCUT2D eigenvalue weighted by Crippen LogP contribution is 2.31. The summed E-state index contributed by atoms with van der Waals surface area (Å²) in [5, 5.41) is 0.211. The Bertz CT molecular complexity index is 921. The highest BCUT2D eigenvalue weighted by Gasteiger charge is 2.32. The van der Waals surface area contributed by atoms with Gasteiger partial charge in [-0.25, -0.2) is 13.8 Å². The van der Waals surface area contributed by atoms with Crippen LogP contribution in [0.1, 0.15) is 19.3 Å². The Labute approximate surface area is 176 Å². The molecule has 158 valence electrons. The van der Waals surface area contributed by atoms with Crippen molar-refractivity contribution >= 4 is 56.8 Å². The van der Waals surface area contributed by atoms with Gasteiger partial charge in [0, 0.05) is 25.5 Å². The first-order valence-electron chi connectivity index (χ1n) is 8.80. The van der Waals surface area contributed by atoms with Gasteiger partial charge >= 0.3 is 0 Å². The maximum absolute atomic E-state index is 14.0. The molecule has 1 aliphatic heterocycles. The number of halogens is 3. The van der Waals surface area contributed by atoms with Gasteiger partial charge in [0.05, 0.1) is 4.70 Å². The van der Waals surface area contributed by atoms with E-state index in [0.717, 1.165) is 28.4 Å². The number of likely N-dealkylation sites (tertiary alicyclic amines) is 1. The van der Waals surface area contributed by atoms with Gasteiger partial charge in [0.25, 0.3) is 0 Å². The first-order valence-corrected chi connectivity index (χ1v) is 9.62. The number of hydrogen-bond acceptors (Lipinski definition) is 6. The molecular formula is C18H21ClF2N4O3S. The molecule has 2 aromatic rings. The third kappa shape index (κ3) is 5.26. The van der Waals surface area contributed by atoms with Crippen LogP contribution in [0.2, 0.25) is 0 Å². The first kappa shape index (κ1) is 23.1. The lowest BCUT2D eigenvalue weighted by atomic mass is 10.3. The topological polar surface area (TPSA) is 73.8 Å². The van der Waals surface area contributed by atoms with Crippen molar-refractivity contribution in [2.45, 2.75) is 19.3 Å². The van der Waals surface area contributed by atoms with Crippen molar-refractivity contribution in [1.82, 2.24) is 14.8 Å². The molecule has 1 aromatic carbocycles. The highest BCUT2D eigenvalue weighted by atomic mass is 35.5. The summed E-state index contributed by atoms with van der Waals surface area (Å²) in [6, 6.07) is 1.90. The largest absolute Gasteiger partial charge is 0.309 e. The van der Waals surface area contributed by atoms with Crippen LogP contribution in [0, 0.1) is 11.6 Å². The molecule has 1 saturated heterocycles. The lowest BCUT2D eigenvalue weighted by Gasteiger charge is -2.23. The van der Waals surface area contributed by atoms with E-state index in [9.17, 15) is 23.2 Å². The predicted molar refractivity (Wildman–Crippen MR) is 108 cm³/mol. The Morgan fingerprint density at radius 1 is 1.17 bits per heavy atom. The Morgan fingerprint density at radius 3 is 2.45 bits per heavy atom. The van der Waals surface area contributed by atoms with E-state index in [-0.39, 0.29) is 65.5 Å². The van der Waals surface area contributed by atoms with Crippen LogP contribution in [0.15, 0.2) is 12.1 Å². The summed E-state index contributed by atoms with van der Waals surface area (Å²) in [6.45, 7) is 0.586. The minimum Gasteiger partial charge on any atom is -0.309 e. The first-order chi connectivity index (χ1) is 13.3. The minimum absolute atomic E-state index is 0. The van der Waals surface area contributed by atoms with Crippen molar-refractivity contribution in [3.05, 3.63) is 23.8 Å². The second-order valence-corrected chi connectivity index (χ2v) is 7.82. The third-order valence-electron chi connectivity index (χ3n) is 4.37.